The normalized spacial score (nSPS) is 16.1. The van der Waals surface area contributed by atoms with Gasteiger partial charge in [0.1, 0.15) is 0 Å². The minimum Gasteiger partial charge on any atom is -0.493 e. The molecule has 2 aliphatic rings. The first-order valence-electron chi connectivity index (χ1n) is 13.7. The maximum Gasteiger partial charge on any atom is 0.258 e. The molecule has 3 aromatic rings. The Morgan fingerprint density at radius 2 is 1.62 bits per heavy atom. The Balaban J connectivity index is 1.46. The molecule has 0 bridgehead atoms. The second kappa shape index (κ2) is 12.3. The monoisotopic (exact) mass is 540 g/mol. The highest BCUT2D eigenvalue weighted by molar-refractivity contribution is 6.37. The molecule has 8 nitrogen and oxygen atoms in total. The van der Waals surface area contributed by atoms with Crippen molar-refractivity contribution in [3.8, 4) is 11.5 Å². The minimum absolute atomic E-state index is 0.0217. The lowest BCUT2D eigenvalue weighted by Gasteiger charge is -2.29. The van der Waals surface area contributed by atoms with Gasteiger partial charge < -0.3 is 29.9 Å². The van der Waals surface area contributed by atoms with Crippen molar-refractivity contribution in [1.82, 2.24) is 4.90 Å². The molecule has 0 radical (unpaired) electrons. The van der Waals surface area contributed by atoms with Crippen molar-refractivity contribution in [1.29, 1.82) is 0 Å². The molecule has 2 aliphatic heterocycles. The van der Waals surface area contributed by atoms with E-state index in [-0.39, 0.29) is 11.8 Å². The number of hydrogen-bond donors (Lipinski definition) is 2. The highest BCUT2D eigenvalue weighted by atomic mass is 16.5. The van der Waals surface area contributed by atoms with Gasteiger partial charge in [-0.3, -0.25) is 9.59 Å². The van der Waals surface area contributed by atoms with E-state index in [0.29, 0.717) is 35.0 Å². The summed E-state index contributed by atoms with van der Waals surface area (Å²) in [5, 5.41) is 6.46. The van der Waals surface area contributed by atoms with Crippen LogP contribution < -0.4 is 25.0 Å². The zero-order valence-corrected chi connectivity index (χ0v) is 23.3. The van der Waals surface area contributed by atoms with Crippen LogP contribution in [0, 0.1) is 0 Å². The molecule has 2 amide bonds. The van der Waals surface area contributed by atoms with Crippen LogP contribution in [-0.2, 0) is 9.59 Å². The van der Waals surface area contributed by atoms with E-state index in [4.69, 9.17) is 9.47 Å². The molecule has 8 heteroatoms. The molecule has 2 heterocycles. The maximum atomic E-state index is 13.3. The average molecular weight is 541 g/mol. The molecular weight excluding hydrogens is 504 g/mol. The number of methoxy groups -OCH3 is 2. The topological polar surface area (TPSA) is 83.1 Å². The van der Waals surface area contributed by atoms with E-state index < -0.39 is 0 Å². The standard InChI is InChI=1S/C32H36N4O4/c1-22(37)36(19-18-35-16-8-5-9-17-35)25-14-12-24(13-15-25)33-31(23-10-6-4-7-11-23)30-26-20-28(39-2)29(40-3)21-27(26)34-32(30)38/h4,6-7,10-15,20-21,33H,5,8-9,16-19H2,1-3H3,(H,34,38)/b31-30-. The fourth-order valence-corrected chi connectivity index (χ4v) is 5.39. The minimum atomic E-state index is -0.214. The van der Waals surface area contributed by atoms with Crippen molar-refractivity contribution in [2.45, 2.75) is 26.2 Å². The van der Waals surface area contributed by atoms with Gasteiger partial charge in [0.25, 0.3) is 5.91 Å². The highest BCUT2D eigenvalue weighted by Gasteiger charge is 2.30. The second-order valence-electron chi connectivity index (χ2n) is 10.1. The number of amides is 2. The highest BCUT2D eigenvalue weighted by Crippen LogP contribution is 2.43. The summed E-state index contributed by atoms with van der Waals surface area (Å²) in [5.74, 6) is 0.894. The fourth-order valence-electron chi connectivity index (χ4n) is 5.39. The lowest BCUT2D eigenvalue weighted by Crippen LogP contribution is -2.39. The lowest BCUT2D eigenvalue weighted by atomic mass is 9.99. The quantitative estimate of drug-likeness (QED) is 0.350. The first kappa shape index (κ1) is 27.3. The zero-order valence-electron chi connectivity index (χ0n) is 23.3. The molecule has 0 aliphatic carbocycles. The van der Waals surface area contributed by atoms with Crippen molar-refractivity contribution in [2.24, 2.45) is 0 Å². The van der Waals surface area contributed by atoms with Gasteiger partial charge in [-0.2, -0.15) is 0 Å². The van der Waals surface area contributed by atoms with E-state index in [9.17, 15) is 9.59 Å². The third-order valence-corrected chi connectivity index (χ3v) is 7.50. The molecule has 2 N–H and O–H groups in total. The van der Waals surface area contributed by atoms with Crippen molar-refractivity contribution in [2.75, 3.05) is 55.9 Å². The van der Waals surface area contributed by atoms with E-state index in [0.717, 1.165) is 42.1 Å². The van der Waals surface area contributed by atoms with Crippen molar-refractivity contribution in [3.05, 3.63) is 77.9 Å². The molecule has 40 heavy (non-hydrogen) atoms. The summed E-state index contributed by atoms with van der Waals surface area (Å²) < 4.78 is 11.0. The van der Waals surface area contributed by atoms with Crippen LogP contribution in [0.4, 0.5) is 17.1 Å². The van der Waals surface area contributed by atoms with E-state index in [1.54, 1.807) is 27.2 Å². The van der Waals surface area contributed by atoms with Crippen LogP contribution in [0.25, 0.3) is 11.3 Å². The Bertz CT molecular complexity index is 1400. The van der Waals surface area contributed by atoms with Gasteiger partial charge in [-0.25, -0.2) is 0 Å². The zero-order chi connectivity index (χ0) is 28.1. The summed E-state index contributed by atoms with van der Waals surface area (Å²) in [5.41, 5.74) is 5.09. The van der Waals surface area contributed by atoms with E-state index in [2.05, 4.69) is 15.5 Å². The summed E-state index contributed by atoms with van der Waals surface area (Å²) >= 11 is 0. The lowest BCUT2D eigenvalue weighted by molar-refractivity contribution is -0.116. The number of fused-ring (bicyclic) bond motifs is 1. The second-order valence-corrected chi connectivity index (χ2v) is 10.1. The maximum absolute atomic E-state index is 13.3. The SMILES string of the molecule is COc1cc2c(cc1OC)/C(=C(/Nc1ccc(N(CCN3CCCCC3)C(C)=O)cc1)c1ccccc1)C(=O)N2. The molecular formula is C32H36N4O4. The van der Waals surface area contributed by atoms with Crippen molar-refractivity contribution >= 4 is 40.1 Å². The van der Waals surface area contributed by atoms with Crippen LogP contribution >= 0.6 is 0 Å². The first-order chi connectivity index (χ1) is 19.5. The van der Waals surface area contributed by atoms with Crippen LogP contribution in [0.3, 0.4) is 0 Å². The van der Waals surface area contributed by atoms with E-state index >= 15 is 0 Å². The van der Waals surface area contributed by atoms with Gasteiger partial charge in [0.2, 0.25) is 5.91 Å². The molecule has 0 spiro atoms. The van der Waals surface area contributed by atoms with Crippen LogP contribution in [0.15, 0.2) is 66.7 Å². The van der Waals surface area contributed by atoms with Gasteiger partial charge in [0.05, 0.1) is 31.2 Å². The Morgan fingerprint density at radius 3 is 2.27 bits per heavy atom. The van der Waals surface area contributed by atoms with Gasteiger partial charge in [-0.05, 0) is 61.8 Å². The smallest absolute Gasteiger partial charge is 0.258 e. The van der Waals surface area contributed by atoms with Crippen LogP contribution in [0.2, 0.25) is 0 Å². The number of nitrogens with one attached hydrogen (secondary N) is 2. The summed E-state index contributed by atoms with van der Waals surface area (Å²) in [4.78, 5) is 30.1. The fraction of sp³-hybridized carbons (Fsp3) is 0.312. The average Bonchev–Trinajstić information content (AvgIpc) is 3.30. The van der Waals surface area contributed by atoms with E-state index in [1.165, 1.54) is 19.3 Å². The van der Waals surface area contributed by atoms with Gasteiger partial charge in [0, 0.05) is 43.0 Å². The number of hydrogen-bond acceptors (Lipinski definition) is 6. The molecule has 1 saturated heterocycles. The molecule has 0 saturated carbocycles. The van der Waals surface area contributed by atoms with Crippen molar-refractivity contribution < 1.29 is 19.1 Å². The van der Waals surface area contributed by atoms with Crippen molar-refractivity contribution in [3.63, 3.8) is 0 Å². The summed E-state index contributed by atoms with van der Waals surface area (Å²) in [6, 6.07) is 21.1. The number of rotatable bonds is 9. The molecule has 0 unspecified atom stereocenters. The third kappa shape index (κ3) is 5.82. The van der Waals surface area contributed by atoms with E-state index in [1.807, 2.05) is 65.6 Å². The molecule has 0 aromatic heterocycles. The summed E-state index contributed by atoms with van der Waals surface area (Å²) in [7, 11) is 3.14. The Morgan fingerprint density at radius 1 is 0.950 bits per heavy atom. The first-order valence-corrected chi connectivity index (χ1v) is 13.7. The van der Waals surface area contributed by atoms with Crippen LogP contribution in [0.1, 0.15) is 37.3 Å². The number of piperidine rings is 1. The molecule has 5 rings (SSSR count). The predicted octanol–water partition coefficient (Wildman–Crippen LogP) is 5.48. The molecule has 0 atom stereocenters. The summed E-state index contributed by atoms with van der Waals surface area (Å²) in [6.45, 7) is 5.33. The third-order valence-electron chi connectivity index (χ3n) is 7.50. The largest absolute Gasteiger partial charge is 0.493 e. The summed E-state index contributed by atoms with van der Waals surface area (Å²) in [6.07, 6.45) is 3.74. The number of carbonyl (C=O) groups is 2. The predicted molar refractivity (Wildman–Crippen MR) is 160 cm³/mol. The van der Waals surface area contributed by atoms with Gasteiger partial charge >= 0.3 is 0 Å². The van der Waals surface area contributed by atoms with Gasteiger partial charge in [-0.1, -0.05) is 36.8 Å². The number of anilines is 3. The number of ether oxygens (including phenoxy) is 2. The molecule has 208 valence electrons. The molecule has 3 aromatic carbocycles. The number of carbonyl (C=O) groups excluding carboxylic acids is 2. The van der Waals surface area contributed by atoms with Gasteiger partial charge in [0.15, 0.2) is 11.5 Å². The number of likely N-dealkylation sites (tertiary alicyclic amines) is 1. The van der Waals surface area contributed by atoms with Crippen LogP contribution in [-0.4, -0.2) is 57.1 Å². The van der Waals surface area contributed by atoms with Gasteiger partial charge in [-0.15, -0.1) is 0 Å². The Labute approximate surface area is 235 Å². The molecule has 1 fully saturated rings. The number of benzene rings is 3. The van der Waals surface area contributed by atoms with Crippen LogP contribution in [0.5, 0.6) is 11.5 Å². The Hall–Kier alpha value is -4.30. The Kier molecular flexibility index (Phi) is 8.36. The number of nitrogens with zero attached hydrogens (tertiary/aromatic N) is 2.